The van der Waals surface area contributed by atoms with Gasteiger partial charge >= 0.3 is 5.97 Å². The quantitative estimate of drug-likeness (QED) is 0.609. The van der Waals surface area contributed by atoms with Gasteiger partial charge in [-0.3, -0.25) is 4.79 Å². The number of hydrogen-bond donors (Lipinski definition) is 1. The highest BCUT2D eigenvalue weighted by atomic mass is 16.5. The molecule has 4 heteroatoms. The molecule has 0 radical (unpaired) electrons. The fourth-order valence-electron chi connectivity index (χ4n) is 4.90. The van der Waals surface area contributed by atoms with Crippen molar-refractivity contribution < 1.29 is 19.1 Å². The van der Waals surface area contributed by atoms with Crippen LogP contribution in [0.3, 0.4) is 0 Å². The Morgan fingerprint density at radius 1 is 1.24 bits per heavy atom. The standard InChI is InChI=1S/C21H32NO3/c1-3-4-12-22(2)17-10-11-18(22)14-19(13-17)25-21(24)20(15-23)16-8-6-5-7-9-16/h5-9,17-20,23H,3-4,10-15H2,1-2H3/q+1/t17-,18+,19?,20-,22?/m0/s1. The zero-order chi connectivity index (χ0) is 17.9. The fraction of sp³-hybridized carbons (Fsp3) is 0.667. The van der Waals surface area contributed by atoms with Crippen LogP contribution in [0.4, 0.5) is 0 Å². The number of fused-ring (bicyclic) bond motifs is 2. The molecule has 3 rings (SSSR count). The van der Waals surface area contributed by atoms with Gasteiger partial charge in [0.15, 0.2) is 0 Å². The summed E-state index contributed by atoms with van der Waals surface area (Å²) in [6.07, 6.45) is 6.96. The number of benzene rings is 1. The molecular formula is C21H32NO3+. The first kappa shape index (κ1) is 18.4. The van der Waals surface area contributed by atoms with Crippen LogP contribution in [0.5, 0.6) is 0 Å². The number of carbonyl (C=O) groups is 1. The number of ether oxygens (including phenoxy) is 1. The summed E-state index contributed by atoms with van der Waals surface area (Å²) in [5.74, 6) is -0.843. The van der Waals surface area contributed by atoms with E-state index in [2.05, 4.69) is 14.0 Å². The number of piperidine rings is 1. The minimum Gasteiger partial charge on any atom is -0.461 e. The summed E-state index contributed by atoms with van der Waals surface area (Å²) >= 11 is 0. The molecule has 0 aromatic heterocycles. The molecule has 2 bridgehead atoms. The van der Waals surface area contributed by atoms with E-state index in [4.69, 9.17) is 4.74 Å². The fourth-order valence-corrected chi connectivity index (χ4v) is 4.90. The van der Waals surface area contributed by atoms with Gasteiger partial charge in [-0.2, -0.15) is 0 Å². The lowest BCUT2D eigenvalue weighted by molar-refractivity contribution is -0.949. The van der Waals surface area contributed by atoms with Crippen LogP contribution in [0.25, 0.3) is 0 Å². The van der Waals surface area contributed by atoms with Crippen LogP contribution in [0.1, 0.15) is 56.9 Å². The summed E-state index contributed by atoms with van der Waals surface area (Å²) in [4.78, 5) is 12.6. The van der Waals surface area contributed by atoms with E-state index in [1.165, 1.54) is 36.7 Å². The third-order valence-electron chi connectivity index (χ3n) is 6.52. The molecule has 25 heavy (non-hydrogen) atoms. The lowest BCUT2D eigenvalue weighted by Crippen LogP contribution is -2.59. The average Bonchev–Trinajstić information content (AvgIpc) is 2.79. The normalized spacial score (nSPS) is 32.4. The minimum absolute atomic E-state index is 0.00980. The van der Waals surface area contributed by atoms with Gasteiger partial charge in [-0.15, -0.1) is 0 Å². The molecule has 0 amide bonds. The van der Waals surface area contributed by atoms with Gasteiger partial charge in [0.1, 0.15) is 12.0 Å². The molecule has 5 atom stereocenters. The maximum absolute atomic E-state index is 12.6. The van der Waals surface area contributed by atoms with Gasteiger partial charge in [0, 0.05) is 25.7 Å². The van der Waals surface area contributed by atoms with Gasteiger partial charge in [-0.1, -0.05) is 43.7 Å². The molecule has 138 valence electrons. The van der Waals surface area contributed by atoms with Crippen molar-refractivity contribution in [1.29, 1.82) is 0 Å². The van der Waals surface area contributed by atoms with E-state index in [1.54, 1.807) is 0 Å². The molecule has 2 unspecified atom stereocenters. The number of hydrogen-bond acceptors (Lipinski definition) is 3. The summed E-state index contributed by atoms with van der Waals surface area (Å²) in [5.41, 5.74) is 0.831. The van der Waals surface area contributed by atoms with Crippen LogP contribution in [0, 0.1) is 0 Å². The van der Waals surface area contributed by atoms with Crippen molar-refractivity contribution >= 4 is 5.97 Å². The molecule has 2 fully saturated rings. The van der Waals surface area contributed by atoms with Crippen molar-refractivity contribution in [2.24, 2.45) is 0 Å². The lowest BCUT2D eigenvalue weighted by Gasteiger charge is -2.47. The SMILES string of the molecule is CCCC[N+]1(C)[C@@H]2CC[C@H]1CC(OC(=O)[C@@H](CO)c1ccccc1)C2. The van der Waals surface area contributed by atoms with E-state index >= 15 is 0 Å². The van der Waals surface area contributed by atoms with Gasteiger partial charge in [0.05, 0.1) is 32.3 Å². The molecule has 1 aromatic carbocycles. The highest BCUT2D eigenvalue weighted by Gasteiger charge is 2.52. The van der Waals surface area contributed by atoms with Gasteiger partial charge in [0.2, 0.25) is 0 Å². The van der Waals surface area contributed by atoms with E-state index in [9.17, 15) is 9.90 Å². The van der Waals surface area contributed by atoms with Crippen molar-refractivity contribution in [2.45, 2.75) is 69.6 Å². The molecule has 2 saturated heterocycles. The van der Waals surface area contributed by atoms with Gasteiger partial charge in [-0.05, 0) is 12.0 Å². The summed E-state index contributed by atoms with van der Waals surface area (Å²) in [7, 11) is 2.40. The highest BCUT2D eigenvalue weighted by molar-refractivity contribution is 5.78. The second-order valence-electron chi connectivity index (χ2n) is 7.99. The van der Waals surface area contributed by atoms with Crippen LogP contribution < -0.4 is 0 Å². The van der Waals surface area contributed by atoms with Crippen LogP contribution in [0.2, 0.25) is 0 Å². The number of esters is 1. The number of nitrogens with zero attached hydrogens (tertiary/aromatic N) is 1. The smallest absolute Gasteiger partial charge is 0.316 e. The van der Waals surface area contributed by atoms with Crippen LogP contribution in [-0.2, 0) is 9.53 Å². The predicted molar refractivity (Wildman–Crippen MR) is 98.2 cm³/mol. The third-order valence-corrected chi connectivity index (χ3v) is 6.52. The number of aliphatic hydroxyl groups is 1. The zero-order valence-corrected chi connectivity index (χ0v) is 15.6. The number of quaternary nitrogens is 1. The first-order valence-corrected chi connectivity index (χ1v) is 9.79. The molecule has 0 spiro atoms. The summed E-state index contributed by atoms with van der Waals surface area (Å²) in [6.45, 7) is 3.30. The second-order valence-corrected chi connectivity index (χ2v) is 7.99. The summed E-state index contributed by atoms with van der Waals surface area (Å²) in [5, 5.41) is 9.67. The second kappa shape index (κ2) is 7.88. The maximum atomic E-state index is 12.6. The molecule has 2 aliphatic heterocycles. The van der Waals surface area contributed by atoms with Crippen molar-refractivity contribution in [3.63, 3.8) is 0 Å². The Morgan fingerprint density at radius 3 is 2.44 bits per heavy atom. The topological polar surface area (TPSA) is 46.5 Å². The number of aliphatic hydroxyl groups excluding tert-OH is 1. The zero-order valence-electron chi connectivity index (χ0n) is 15.6. The first-order chi connectivity index (χ1) is 12.1. The van der Waals surface area contributed by atoms with Crippen molar-refractivity contribution in [1.82, 2.24) is 0 Å². The first-order valence-electron chi connectivity index (χ1n) is 9.79. The third kappa shape index (κ3) is 3.75. The van der Waals surface area contributed by atoms with Crippen molar-refractivity contribution in [3.8, 4) is 0 Å². The van der Waals surface area contributed by atoms with Gasteiger partial charge in [0.25, 0.3) is 0 Å². The lowest BCUT2D eigenvalue weighted by atomic mass is 9.95. The predicted octanol–water partition coefficient (Wildman–Crippen LogP) is 3.25. The Morgan fingerprint density at radius 2 is 1.88 bits per heavy atom. The summed E-state index contributed by atoms with van der Waals surface area (Å²) < 4.78 is 7.04. The Hall–Kier alpha value is -1.39. The van der Waals surface area contributed by atoms with Crippen molar-refractivity contribution in [2.75, 3.05) is 20.2 Å². The number of unbranched alkanes of at least 4 members (excludes halogenated alkanes) is 1. The maximum Gasteiger partial charge on any atom is 0.316 e. The Bertz CT molecular complexity index is 560. The monoisotopic (exact) mass is 346 g/mol. The van der Waals surface area contributed by atoms with Crippen molar-refractivity contribution in [3.05, 3.63) is 35.9 Å². The molecule has 1 N–H and O–H groups in total. The van der Waals surface area contributed by atoms with E-state index in [0.717, 1.165) is 18.4 Å². The highest BCUT2D eigenvalue weighted by Crippen LogP contribution is 2.42. The Balaban J connectivity index is 1.62. The minimum atomic E-state index is -0.568. The average molecular weight is 346 g/mol. The molecular weight excluding hydrogens is 314 g/mol. The molecule has 2 aliphatic rings. The van der Waals surface area contributed by atoms with Crippen LogP contribution in [-0.4, -0.2) is 53.9 Å². The van der Waals surface area contributed by atoms with E-state index in [-0.39, 0.29) is 18.7 Å². The number of carbonyl (C=O) groups excluding carboxylic acids is 1. The largest absolute Gasteiger partial charge is 0.461 e. The summed E-state index contributed by atoms with van der Waals surface area (Å²) in [6, 6.07) is 10.7. The molecule has 2 heterocycles. The Kier molecular flexibility index (Phi) is 5.80. The van der Waals surface area contributed by atoms with Crippen LogP contribution in [0.15, 0.2) is 30.3 Å². The Labute approximate surface area is 151 Å². The van der Waals surface area contributed by atoms with Gasteiger partial charge < -0.3 is 14.3 Å². The van der Waals surface area contributed by atoms with E-state index < -0.39 is 5.92 Å². The van der Waals surface area contributed by atoms with Crippen LogP contribution >= 0.6 is 0 Å². The van der Waals surface area contributed by atoms with Gasteiger partial charge in [-0.25, -0.2) is 0 Å². The molecule has 0 saturated carbocycles. The number of rotatable bonds is 7. The molecule has 0 aliphatic carbocycles. The molecule has 4 nitrogen and oxygen atoms in total. The molecule has 1 aromatic rings. The van der Waals surface area contributed by atoms with E-state index in [0.29, 0.717) is 12.1 Å². The van der Waals surface area contributed by atoms with E-state index in [1.807, 2.05) is 30.3 Å².